The van der Waals surface area contributed by atoms with Crippen molar-refractivity contribution in [1.29, 1.82) is 0 Å². The number of carbonyl (C=O) groups excluding carboxylic acids is 1. The van der Waals surface area contributed by atoms with Crippen LogP contribution in [0.3, 0.4) is 0 Å². The molecular formula is C13H16O3S. The van der Waals surface area contributed by atoms with Crippen molar-refractivity contribution in [3.8, 4) is 0 Å². The molecule has 1 aromatic rings. The largest absolute Gasteiger partial charge is 0.468 e. The van der Waals surface area contributed by atoms with Gasteiger partial charge in [0.1, 0.15) is 5.25 Å². The number of hydrogen-bond donors (Lipinski definition) is 0. The predicted molar refractivity (Wildman–Crippen MR) is 66.1 cm³/mol. The maximum absolute atomic E-state index is 12.5. The van der Waals surface area contributed by atoms with E-state index in [1.807, 2.05) is 31.2 Å². The number of ether oxygens (including phenoxy) is 1. The van der Waals surface area contributed by atoms with Gasteiger partial charge in [0.15, 0.2) is 0 Å². The van der Waals surface area contributed by atoms with Crippen LogP contribution < -0.4 is 0 Å². The third-order valence-corrected chi connectivity index (χ3v) is 4.95. The maximum Gasteiger partial charge on any atom is 0.322 e. The van der Waals surface area contributed by atoms with Crippen molar-refractivity contribution in [2.75, 3.05) is 7.11 Å². The Labute approximate surface area is 104 Å². The van der Waals surface area contributed by atoms with Crippen LogP contribution in [0, 0.1) is 12.8 Å². The Morgan fingerprint density at radius 1 is 1.41 bits per heavy atom. The molecule has 3 nitrogen and oxygen atoms in total. The van der Waals surface area contributed by atoms with Crippen LogP contribution in [-0.2, 0) is 20.3 Å². The molecule has 17 heavy (non-hydrogen) atoms. The zero-order chi connectivity index (χ0) is 12.4. The van der Waals surface area contributed by atoms with Crippen LogP contribution in [0.4, 0.5) is 0 Å². The van der Waals surface area contributed by atoms with Gasteiger partial charge < -0.3 is 4.74 Å². The summed E-state index contributed by atoms with van der Waals surface area (Å²) in [6.45, 7) is 1.91. The van der Waals surface area contributed by atoms with E-state index in [4.69, 9.17) is 4.74 Å². The van der Waals surface area contributed by atoms with Crippen LogP contribution in [0.1, 0.15) is 18.4 Å². The SMILES string of the molecule is COC(=O)C(C1CC1)S(=O)c1ccccc1C. The molecule has 0 heterocycles. The average molecular weight is 252 g/mol. The number of benzene rings is 1. The van der Waals surface area contributed by atoms with Crippen molar-refractivity contribution in [2.45, 2.75) is 29.9 Å². The molecule has 0 spiro atoms. The molecule has 0 bridgehead atoms. The highest BCUT2D eigenvalue weighted by Gasteiger charge is 2.41. The molecule has 1 aromatic carbocycles. The van der Waals surface area contributed by atoms with Crippen molar-refractivity contribution in [2.24, 2.45) is 5.92 Å². The molecule has 1 aliphatic rings. The number of carbonyl (C=O) groups is 1. The van der Waals surface area contributed by atoms with Gasteiger partial charge in [-0.25, -0.2) is 0 Å². The molecule has 0 saturated heterocycles. The topological polar surface area (TPSA) is 43.4 Å². The Morgan fingerprint density at radius 3 is 2.59 bits per heavy atom. The second-order valence-corrected chi connectivity index (χ2v) is 5.89. The monoisotopic (exact) mass is 252 g/mol. The van der Waals surface area contributed by atoms with Crippen molar-refractivity contribution in [3.63, 3.8) is 0 Å². The van der Waals surface area contributed by atoms with Gasteiger partial charge in [0, 0.05) is 4.90 Å². The van der Waals surface area contributed by atoms with Crippen LogP contribution in [-0.4, -0.2) is 22.5 Å². The molecule has 0 aromatic heterocycles. The molecule has 4 heteroatoms. The molecule has 1 saturated carbocycles. The van der Waals surface area contributed by atoms with Gasteiger partial charge in [-0.05, 0) is 37.3 Å². The Balaban J connectivity index is 2.28. The van der Waals surface area contributed by atoms with Gasteiger partial charge >= 0.3 is 5.97 Å². The van der Waals surface area contributed by atoms with Gasteiger partial charge in [-0.2, -0.15) is 0 Å². The Bertz CT molecular complexity index is 452. The first-order valence-corrected chi connectivity index (χ1v) is 6.90. The van der Waals surface area contributed by atoms with Crippen LogP contribution >= 0.6 is 0 Å². The Morgan fingerprint density at radius 2 is 2.06 bits per heavy atom. The molecule has 0 amide bonds. The van der Waals surface area contributed by atoms with E-state index in [1.165, 1.54) is 7.11 Å². The number of hydrogen-bond acceptors (Lipinski definition) is 3. The fourth-order valence-corrected chi connectivity index (χ4v) is 3.65. The first-order valence-electron chi connectivity index (χ1n) is 5.69. The van der Waals surface area contributed by atoms with Crippen LogP contribution in [0.25, 0.3) is 0 Å². The van der Waals surface area contributed by atoms with Gasteiger partial charge in [-0.1, -0.05) is 18.2 Å². The maximum atomic E-state index is 12.5. The lowest BCUT2D eigenvalue weighted by Gasteiger charge is -2.14. The van der Waals surface area contributed by atoms with E-state index in [2.05, 4.69) is 0 Å². The smallest absolute Gasteiger partial charge is 0.322 e. The lowest BCUT2D eigenvalue weighted by atomic mass is 10.2. The third-order valence-electron chi connectivity index (χ3n) is 3.02. The van der Waals surface area contributed by atoms with Crippen molar-refractivity contribution in [1.82, 2.24) is 0 Å². The van der Waals surface area contributed by atoms with E-state index in [0.717, 1.165) is 23.3 Å². The van der Waals surface area contributed by atoms with Crippen LogP contribution in [0.15, 0.2) is 29.2 Å². The fourth-order valence-electron chi connectivity index (χ4n) is 1.89. The lowest BCUT2D eigenvalue weighted by molar-refractivity contribution is -0.140. The van der Waals surface area contributed by atoms with E-state index in [-0.39, 0.29) is 11.9 Å². The number of aryl methyl sites for hydroxylation is 1. The van der Waals surface area contributed by atoms with Gasteiger partial charge in [0.05, 0.1) is 17.9 Å². The highest BCUT2D eigenvalue weighted by molar-refractivity contribution is 7.86. The molecule has 0 aliphatic heterocycles. The second kappa shape index (κ2) is 5.00. The van der Waals surface area contributed by atoms with Gasteiger partial charge in [0.2, 0.25) is 0 Å². The molecule has 1 aliphatic carbocycles. The van der Waals surface area contributed by atoms with Crippen LogP contribution in [0.2, 0.25) is 0 Å². The highest BCUT2D eigenvalue weighted by Crippen LogP contribution is 2.37. The minimum Gasteiger partial charge on any atom is -0.468 e. The summed E-state index contributed by atoms with van der Waals surface area (Å²) < 4.78 is 17.2. The van der Waals surface area contributed by atoms with E-state index >= 15 is 0 Å². The first-order chi connectivity index (χ1) is 8.15. The standard InChI is InChI=1S/C13H16O3S/c1-9-5-3-4-6-11(9)17(15)12(10-7-8-10)13(14)16-2/h3-6,10,12H,7-8H2,1-2H3. The molecule has 1 fully saturated rings. The molecule has 0 N–H and O–H groups in total. The third kappa shape index (κ3) is 2.57. The Hall–Kier alpha value is -1.16. The summed E-state index contributed by atoms with van der Waals surface area (Å²) in [5.41, 5.74) is 0.959. The molecule has 0 radical (unpaired) electrons. The van der Waals surface area contributed by atoms with Crippen molar-refractivity contribution < 1.29 is 13.7 Å². The fraction of sp³-hybridized carbons (Fsp3) is 0.462. The summed E-state index contributed by atoms with van der Waals surface area (Å²) in [6.07, 6.45) is 1.94. The second-order valence-electron chi connectivity index (χ2n) is 4.34. The zero-order valence-electron chi connectivity index (χ0n) is 10.0. The van der Waals surface area contributed by atoms with Crippen LogP contribution in [0.5, 0.6) is 0 Å². The molecule has 2 rings (SSSR count). The van der Waals surface area contributed by atoms with Gasteiger partial charge in [0.25, 0.3) is 0 Å². The van der Waals surface area contributed by atoms with E-state index in [0.29, 0.717) is 0 Å². The van der Waals surface area contributed by atoms with Crippen molar-refractivity contribution in [3.05, 3.63) is 29.8 Å². The normalized spacial score (nSPS) is 18.5. The lowest BCUT2D eigenvalue weighted by Crippen LogP contribution is -2.29. The number of esters is 1. The first kappa shape index (κ1) is 12.3. The Kier molecular flexibility index (Phi) is 3.62. The molecule has 2 unspecified atom stereocenters. The van der Waals surface area contributed by atoms with Gasteiger partial charge in [-0.3, -0.25) is 9.00 Å². The minimum atomic E-state index is -1.30. The average Bonchev–Trinajstić information content (AvgIpc) is 3.14. The summed E-state index contributed by atoms with van der Waals surface area (Å²) in [7, 11) is 0.0490. The summed E-state index contributed by atoms with van der Waals surface area (Å²) in [6, 6.07) is 7.49. The van der Waals surface area contributed by atoms with E-state index in [1.54, 1.807) is 0 Å². The summed E-state index contributed by atoms with van der Waals surface area (Å²) in [5, 5.41) is -0.499. The number of rotatable bonds is 4. The minimum absolute atomic E-state index is 0.225. The summed E-state index contributed by atoms with van der Waals surface area (Å²) in [4.78, 5) is 12.4. The summed E-state index contributed by atoms with van der Waals surface area (Å²) in [5.74, 6) is -0.128. The highest BCUT2D eigenvalue weighted by atomic mass is 32.2. The predicted octanol–water partition coefficient (Wildman–Crippen LogP) is 2.05. The molecule has 2 atom stereocenters. The quantitative estimate of drug-likeness (QED) is 0.770. The summed E-state index contributed by atoms with van der Waals surface area (Å²) >= 11 is 0. The van der Waals surface area contributed by atoms with E-state index < -0.39 is 16.0 Å². The molecular weight excluding hydrogens is 236 g/mol. The molecule has 92 valence electrons. The van der Waals surface area contributed by atoms with E-state index in [9.17, 15) is 9.00 Å². The zero-order valence-corrected chi connectivity index (χ0v) is 10.8. The van der Waals surface area contributed by atoms with Crippen molar-refractivity contribution >= 4 is 16.8 Å². The van der Waals surface area contributed by atoms with Gasteiger partial charge in [-0.15, -0.1) is 0 Å². The number of methoxy groups -OCH3 is 1.